The molecule has 0 bridgehead atoms. The van der Waals surface area contributed by atoms with E-state index in [9.17, 15) is 8.42 Å². The lowest BCUT2D eigenvalue weighted by molar-refractivity contribution is 0.577. The third-order valence-electron chi connectivity index (χ3n) is 2.49. The SMILES string of the molecule is Cc1[nH]nc(CN)c1S(=O)(=O)NCc1ncn(C)n1. The summed E-state index contributed by atoms with van der Waals surface area (Å²) in [4.78, 5) is 4.03. The first kappa shape index (κ1) is 13.6. The first-order valence-electron chi connectivity index (χ1n) is 5.52. The van der Waals surface area contributed by atoms with Gasteiger partial charge in [0, 0.05) is 13.6 Å². The van der Waals surface area contributed by atoms with Gasteiger partial charge in [-0.25, -0.2) is 18.1 Å². The average Bonchev–Trinajstić information content (AvgIpc) is 2.93. The molecule has 2 aromatic heterocycles. The monoisotopic (exact) mass is 285 g/mol. The van der Waals surface area contributed by atoms with E-state index in [1.54, 1.807) is 14.0 Å². The van der Waals surface area contributed by atoms with E-state index in [0.717, 1.165) is 0 Å². The number of aromatic amines is 1. The van der Waals surface area contributed by atoms with Gasteiger partial charge in [0.25, 0.3) is 0 Å². The topological polar surface area (TPSA) is 132 Å². The van der Waals surface area contributed by atoms with Crippen LogP contribution in [-0.2, 0) is 30.2 Å². The second-order valence-electron chi connectivity index (χ2n) is 3.99. The molecule has 0 saturated carbocycles. The Labute approximate surface area is 110 Å². The van der Waals surface area contributed by atoms with Crippen LogP contribution in [0, 0.1) is 6.92 Å². The minimum atomic E-state index is -3.69. The van der Waals surface area contributed by atoms with Crippen molar-refractivity contribution in [2.24, 2.45) is 12.8 Å². The number of aryl methyl sites for hydroxylation is 2. The fourth-order valence-electron chi connectivity index (χ4n) is 1.66. The molecule has 0 fully saturated rings. The summed E-state index contributed by atoms with van der Waals surface area (Å²) < 4.78 is 28.3. The van der Waals surface area contributed by atoms with Crippen LogP contribution < -0.4 is 10.5 Å². The Kier molecular flexibility index (Phi) is 3.64. The molecule has 2 aromatic rings. The quantitative estimate of drug-likeness (QED) is 0.631. The lowest BCUT2D eigenvalue weighted by Crippen LogP contribution is -2.25. The highest BCUT2D eigenvalue weighted by Crippen LogP contribution is 2.16. The van der Waals surface area contributed by atoms with E-state index in [4.69, 9.17) is 5.73 Å². The minimum absolute atomic E-state index is 0.0117. The molecule has 0 amide bonds. The van der Waals surface area contributed by atoms with Crippen LogP contribution in [0.15, 0.2) is 11.2 Å². The van der Waals surface area contributed by atoms with Gasteiger partial charge in [-0.3, -0.25) is 9.78 Å². The molecule has 9 nitrogen and oxygen atoms in total. The van der Waals surface area contributed by atoms with Gasteiger partial charge >= 0.3 is 0 Å². The summed E-state index contributed by atoms with van der Waals surface area (Å²) in [5.74, 6) is 0.390. The number of sulfonamides is 1. The van der Waals surface area contributed by atoms with E-state index in [2.05, 4.69) is 25.0 Å². The molecule has 104 valence electrons. The van der Waals surface area contributed by atoms with E-state index >= 15 is 0 Å². The maximum Gasteiger partial charge on any atom is 0.244 e. The summed E-state index contributed by atoms with van der Waals surface area (Å²) in [5, 5.41) is 10.5. The number of nitrogens with one attached hydrogen (secondary N) is 2. The van der Waals surface area contributed by atoms with Crippen LogP contribution in [0.3, 0.4) is 0 Å². The Hall–Kier alpha value is -1.78. The van der Waals surface area contributed by atoms with Crippen molar-refractivity contribution in [3.63, 3.8) is 0 Å². The molecule has 0 aliphatic carbocycles. The summed E-state index contributed by atoms with van der Waals surface area (Å²) in [6.07, 6.45) is 1.50. The maximum atomic E-state index is 12.2. The summed E-state index contributed by atoms with van der Waals surface area (Å²) in [6, 6.07) is 0. The van der Waals surface area contributed by atoms with Gasteiger partial charge in [0.05, 0.1) is 17.9 Å². The predicted molar refractivity (Wildman–Crippen MR) is 66.2 cm³/mol. The normalized spacial score (nSPS) is 11.9. The summed E-state index contributed by atoms with van der Waals surface area (Å²) >= 11 is 0. The van der Waals surface area contributed by atoms with Gasteiger partial charge in [0.1, 0.15) is 11.2 Å². The highest BCUT2D eigenvalue weighted by molar-refractivity contribution is 7.89. The van der Waals surface area contributed by atoms with Crippen molar-refractivity contribution in [3.8, 4) is 0 Å². The van der Waals surface area contributed by atoms with E-state index in [1.807, 2.05) is 0 Å². The van der Waals surface area contributed by atoms with Crippen LogP contribution in [0.2, 0.25) is 0 Å². The minimum Gasteiger partial charge on any atom is -0.325 e. The first-order valence-corrected chi connectivity index (χ1v) is 7.00. The molecule has 2 rings (SSSR count). The molecule has 4 N–H and O–H groups in total. The number of nitrogens with two attached hydrogens (primary N) is 1. The Morgan fingerprint density at radius 1 is 1.53 bits per heavy atom. The number of H-pyrrole nitrogens is 1. The Morgan fingerprint density at radius 3 is 2.84 bits per heavy atom. The second-order valence-corrected chi connectivity index (χ2v) is 5.69. The van der Waals surface area contributed by atoms with Crippen molar-refractivity contribution in [2.45, 2.75) is 24.9 Å². The van der Waals surface area contributed by atoms with E-state index in [1.165, 1.54) is 11.0 Å². The predicted octanol–water partition coefficient (Wildman–Crippen LogP) is -1.22. The van der Waals surface area contributed by atoms with Gasteiger partial charge in [-0.1, -0.05) is 0 Å². The third kappa shape index (κ3) is 2.80. The molecule has 0 aliphatic heterocycles. The van der Waals surface area contributed by atoms with Crippen molar-refractivity contribution >= 4 is 10.0 Å². The number of rotatable bonds is 5. The molecule has 0 aliphatic rings. The van der Waals surface area contributed by atoms with Crippen LogP contribution in [0.4, 0.5) is 0 Å². The maximum absolute atomic E-state index is 12.2. The van der Waals surface area contributed by atoms with Gasteiger partial charge in [-0.15, -0.1) is 0 Å². The molecular weight excluding hydrogens is 270 g/mol. The zero-order valence-electron chi connectivity index (χ0n) is 10.6. The molecule has 0 unspecified atom stereocenters. The largest absolute Gasteiger partial charge is 0.325 e. The van der Waals surface area contributed by atoms with Crippen molar-refractivity contribution in [1.29, 1.82) is 0 Å². The second kappa shape index (κ2) is 5.07. The molecule has 2 heterocycles. The summed E-state index contributed by atoms with van der Waals surface area (Å²) in [6.45, 7) is 1.68. The van der Waals surface area contributed by atoms with Gasteiger partial charge in [-0.2, -0.15) is 10.2 Å². The average molecular weight is 285 g/mol. The number of hydrogen-bond acceptors (Lipinski definition) is 6. The van der Waals surface area contributed by atoms with Crippen molar-refractivity contribution in [1.82, 2.24) is 29.7 Å². The van der Waals surface area contributed by atoms with Crippen LogP contribution in [0.5, 0.6) is 0 Å². The Balaban J connectivity index is 2.20. The van der Waals surface area contributed by atoms with Gasteiger partial charge in [0.15, 0.2) is 5.82 Å². The zero-order chi connectivity index (χ0) is 14.0. The van der Waals surface area contributed by atoms with Crippen molar-refractivity contribution in [3.05, 3.63) is 23.5 Å². The lowest BCUT2D eigenvalue weighted by Gasteiger charge is -2.05. The summed E-state index contributed by atoms with van der Waals surface area (Å²) in [7, 11) is -1.99. The first-order chi connectivity index (χ1) is 8.94. The van der Waals surface area contributed by atoms with E-state index < -0.39 is 10.0 Å². The standard InChI is InChI=1S/C9H15N7O2S/c1-6-9(7(3-10)14-13-6)19(17,18)12-4-8-11-5-16(2)15-8/h5,12H,3-4,10H2,1-2H3,(H,13,14). The van der Waals surface area contributed by atoms with Gasteiger partial charge in [0.2, 0.25) is 10.0 Å². The molecule has 10 heteroatoms. The lowest BCUT2D eigenvalue weighted by atomic mass is 10.4. The fraction of sp³-hybridized carbons (Fsp3) is 0.444. The molecule has 0 aromatic carbocycles. The van der Waals surface area contributed by atoms with Crippen molar-refractivity contribution < 1.29 is 8.42 Å². The molecule has 0 atom stereocenters. The summed E-state index contributed by atoms with van der Waals surface area (Å²) in [5.41, 5.74) is 6.22. The third-order valence-corrected chi connectivity index (χ3v) is 4.09. The molecule has 0 radical (unpaired) electrons. The van der Waals surface area contributed by atoms with Gasteiger partial charge < -0.3 is 5.73 Å². The fourth-order valence-corrected chi connectivity index (χ4v) is 3.01. The molecule has 0 saturated heterocycles. The Bertz CT molecular complexity index is 673. The van der Waals surface area contributed by atoms with Crippen molar-refractivity contribution in [2.75, 3.05) is 0 Å². The number of nitrogens with zero attached hydrogens (tertiary/aromatic N) is 4. The van der Waals surface area contributed by atoms with Crippen LogP contribution in [-0.4, -0.2) is 33.4 Å². The number of aromatic nitrogens is 5. The highest BCUT2D eigenvalue weighted by atomic mass is 32.2. The zero-order valence-corrected chi connectivity index (χ0v) is 11.4. The van der Waals surface area contributed by atoms with E-state index in [-0.39, 0.29) is 18.0 Å². The molecule has 0 spiro atoms. The van der Waals surface area contributed by atoms with Crippen LogP contribution in [0.25, 0.3) is 0 Å². The van der Waals surface area contributed by atoms with Crippen LogP contribution >= 0.6 is 0 Å². The highest BCUT2D eigenvalue weighted by Gasteiger charge is 2.23. The Morgan fingerprint density at radius 2 is 2.26 bits per heavy atom. The smallest absolute Gasteiger partial charge is 0.244 e. The molecular formula is C9H15N7O2S. The number of hydrogen-bond donors (Lipinski definition) is 3. The molecule has 19 heavy (non-hydrogen) atoms. The van der Waals surface area contributed by atoms with Gasteiger partial charge in [-0.05, 0) is 6.92 Å². The van der Waals surface area contributed by atoms with Crippen LogP contribution in [0.1, 0.15) is 17.2 Å². The van der Waals surface area contributed by atoms with E-state index in [0.29, 0.717) is 17.2 Å².